The zero-order valence-electron chi connectivity index (χ0n) is 10.1. The van der Waals surface area contributed by atoms with Gasteiger partial charge in [-0.3, -0.25) is 9.59 Å². The van der Waals surface area contributed by atoms with Crippen molar-refractivity contribution in [3.05, 3.63) is 5.01 Å². The van der Waals surface area contributed by atoms with E-state index in [-0.39, 0.29) is 24.2 Å². The van der Waals surface area contributed by atoms with Gasteiger partial charge in [0, 0.05) is 18.9 Å². The number of hydrogen-bond acceptors (Lipinski definition) is 5. The summed E-state index contributed by atoms with van der Waals surface area (Å²) in [4.78, 5) is 22.7. The summed E-state index contributed by atoms with van der Waals surface area (Å²) in [6.45, 7) is 5.76. The molecule has 0 aliphatic heterocycles. The van der Waals surface area contributed by atoms with Crippen LogP contribution in [-0.2, 0) is 9.59 Å². The first-order valence-corrected chi connectivity index (χ1v) is 6.18. The highest BCUT2D eigenvalue weighted by Gasteiger charge is 2.09. The van der Waals surface area contributed by atoms with Gasteiger partial charge in [0.1, 0.15) is 5.01 Å². The predicted octanol–water partition coefficient (Wildman–Crippen LogP) is 0.947. The van der Waals surface area contributed by atoms with Crippen LogP contribution in [-0.4, -0.2) is 28.6 Å². The van der Waals surface area contributed by atoms with E-state index in [2.05, 4.69) is 20.8 Å². The smallest absolute Gasteiger partial charge is 0.227 e. The Hall–Kier alpha value is -1.50. The van der Waals surface area contributed by atoms with Crippen LogP contribution in [0.1, 0.15) is 25.3 Å². The van der Waals surface area contributed by atoms with Gasteiger partial charge in [-0.2, -0.15) is 0 Å². The van der Waals surface area contributed by atoms with Crippen LogP contribution in [0.4, 0.5) is 5.13 Å². The molecule has 0 bridgehead atoms. The summed E-state index contributed by atoms with van der Waals surface area (Å²) in [5.41, 5.74) is 0. The Morgan fingerprint density at radius 2 is 2.06 bits per heavy atom. The van der Waals surface area contributed by atoms with Gasteiger partial charge in [0.15, 0.2) is 0 Å². The molecule has 0 saturated heterocycles. The van der Waals surface area contributed by atoms with E-state index in [4.69, 9.17) is 0 Å². The summed E-state index contributed by atoms with van der Waals surface area (Å²) in [5.74, 6) is -0.293. The number of nitrogens with one attached hydrogen (secondary N) is 2. The van der Waals surface area contributed by atoms with Crippen molar-refractivity contribution >= 4 is 28.3 Å². The number of nitrogens with zero attached hydrogens (tertiary/aromatic N) is 2. The van der Waals surface area contributed by atoms with Crippen LogP contribution in [0.3, 0.4) is 0 Å². The number of carbonyl (C=O) groups excluding carboxylic acids is 2. The Balaban J connectivity index is 2.24. The van der Waals surface area contributed by atoms with E-state index in [1.165, 1.54) is 11.3 Å². The van der Waals surface area contributed by atoms with Gasteiger partial charge in [-0.15, -0.1) is 10.2 Å². The minimum Gasteiger partial charge on any atom is -0.355 e. The second kappa shape index (κ2) is 6.29. The predicted molar refractivity (Wildman–Crippen MR) is 65.7 cm³/mol. The number of hydrogen-bond donors (Lipinski definition) is 2. The van der Waals surface area contributed by atoms with Gasteiger partial charge < -0.3 is 10.6 Å². The van der Waals surface area contributed by atoms with Crippen molar-refractivity contribution in [3.63, 3.8) is 0 Å². The molecule has 0 saturated carbocycles. The normalized spacial score (nSPS) is 10.4. The van der Waals surface area contributed by atoms with Gasteiger partial charge in [-0.1, -0.05) is 25.2 Å². The molecule has 6 nitrogen and oxygen atoms in total. The molecule has 0 fully saturated rings. The molecule has 0 aliphatic carbocycles. The molecule has 2 N–H and O–H groups in total. The second-order valence-corrected chi connectivity index (χ2v) is 5.05. The van der Waals surface area contributed by atoms with Crippen molar-refractivity contribution in [2.45, 2.75) is 27.2 Å². The first-order valence-electron chi connectivity index (χ1n) is 5.36. The fourth-order valence-electron chi connectivity index (χ4n) is 1.03. The fourth-order valence-corrected chi connectivity index (χ4v) is 1.64. The van der Waals surface area contributed by atoms with Crippen LogP contribution in [0.25, 0.3) is 0 Å². The molecule has 17 heavy (non-hydrogen) atoms. The van der Waals surface area contributed by atoms with E-state index in [0.717, 1.165) is 5.01 Å². The lowest BCUT2D eigenvalue weighted by molar-refractivity contribution is -0.124. The van der Waals surface area contributed by atoms with E-state index in [0.29, 0.717) is 11.7 Å². The van der Waals surface area contributed by atoms with Crippen molar-refractivity contribution in [1.29, 1.82) is 0 Å². The topological polar surface area (TPSA) is 84.0 Å². The van der Waals surface area contributed by atoms with Crippen LogP contribution in [0.2, 0.25) is 0 Å². The molecule has 0 unspecified atom stereocenters. The molecule has 1 rings (SSSR count). The lowest BCUT2D eigenvalue weighted by atomic mass is 10.2. The zero-order chi connectivity index (χ0) is 12.8. The van der Waals surface area contributed by atoms with Crippen LogP contribution in [0, 0.1) is 12.8 Å². The highest BCUT2D eigenvalue weighted by Crippen LogP contribution is 2.13. The van der Waals surface area contributed by atoms with Crippen LogP contribution < -0.4 is 10.6 Å². The largest absolute Gasteiger partial charge is 0.355 e. The van der Waals surface area contributed by atoms with E-state index in [9.17, 15) is 9.59 Å². The molecule has 1 aromatic heterocycles. The van der Waals surface area contributed by atoms with Crippen molar-refractivity contribution in [2.24, 2.45) is 5.92 Å². The van der Waals surface area contributed by atoms with Crippen molar-refractivity contribution in [1.82, 2.24) is 15.5 Å². The zero-order valence-corrected chi connectivity index (χ0v) is 10.9. The number of aromatic nitrogens is 2. The molecule has 0 spiro atoms. The first kappa shape index (κ1) is 13.6. The van der Waals surface area contributed by atoms with Crippen LogP contribution >= 0.6 is 11.3 Å². The van der Waals surface area contributed by atoms with Crippen LogP contribution in [0.5, 0.6) is 0 Å². The summed E-state index contributed by atoms with van der Waals surface area (Å²) in [7, 11) is 0. The Bertz CT molecular complexity index is 403. The molecule has 94 valence electrons. The van der Waals surface area contributed by atoms with E-state index < -0.39 is 0 Å². The highest BCUT2D eigenvalue weighted by atomic mass is 32.1. The third-order valence-corrected chi connectivity index (χ3v) is 2.70. The van der Waals surface area contributed by atoms with E-state index >= 15 is 0 Å². The minimum atomic E-state index is -0.176. The summed E-state index contributed by atoms with van der Waals surface area (Å²) < 4.78 is 0. The number of rotatable bonds is 5. The Labute approximate surface area is 104 Å². The Kier molecular flexibility index (Phi) is 5.02. The maximum Gasteiger partial charge on any atom is 0.227 e. The number of aryl methyl sites for hydroxylation is 1. The lowest BCUT2D eigenvalue weighted by Gasteiger charge is -2.06. The SMILES string of the molecule is Cc1nnc(NC(=O)CCNC(=O)C(C)C)s1. The molecular formula is C10H16N4O2S. The number of carbonyl (C=O) groups is 2. The molecular weight excluding hydrogens is 240 g/mol. The third-order valence-electron chi connectivity index (χ3n) is 1.95. The van der Waals surface area contributed by atoms with E-state index in [1.807, 2.05) is 6.92 Å². The molecule has 0 aromatic carbocycles. The quantitative estimate of drug-likeness (QED) is 0.821. The Morgan fingerprint density at radius 3 is 2.59 bits per heavy atom. The molecule has 7 heteroatoms. The standard InChI is InChI=1S/C10H16N4O2S/c1-6(2)9(16)11-5-4-8(15)12-10-14-13-7(3)17-10/h6H,4-5H2,1-3H3,(H,11,16)(H,12,14,15). The summed E-state index contributed by atoms with van der Waals surface area (Å²) in [5, 5.41) is 14.1. The van der Waals surface area contributed by atoms with Crippen molar-refractivity contribution < 1.29 is 9.59 Å². The van der Waals surface area contributed by atoms with E-state index in [1.54, 1.807) is 13.8 Å². The van der Waals surface area contributed by atoms with Gasteiger partial charge in [0.05, 0.1) is 0 Å². The lowest BCUT2D eigenvalue weighted by Crippen LogP contribution is -2.30. The fraction of sp³-hybridized carbons (Fsp3) is 0.600. The minimum absolute atomic E-state index is 0.0513. The van der Waals surface area contributed by atoms with Crippen LogP contribution in [0.15, 0.2) is 0 Å². The molecule has 0 aliphatic rings. The van der Waals surface area contributed by atoms with Gasteiger partial charge in [0.25, 0.3) is 0 Å². The number of amides is 2. The van der Waals surface area contributed by atoms with Gasteiger partial charge in [0.2, 0.25) is 16.9 Å². The molecule has 0 radical (unpaired) electrons. The summed E-state index contributed by atoms with van der Waals surface area (Å²) in [6.07, 6.45) is 0.233. The molecule has 1 aromatic rings. The monoisotopic (exact) mass is 256 g/mol. The molecule has 1 heterocycles. The maximum atomic E-state index is 11.4. The summed E-state index contributed by atoms with van der Waals surface area (Å²) in [6, 6.07) is 0. The summed E-state index contributed by atoms with van der Waals surface area (Å²) >= 11 is 1.32. The average molecular weight is 256 g/mol. The molecule has 2 amide bonds. The van der Waals surface area contributed by atoms with Crippen molar-refractivity contribution in [3.8, 4) is 0 Å². The average Bonchev–Trinajstić information content (AvgIpc) is 2.63. The first-order chi connectivity index (χ1) is 7.99. The third kappa shape index (κ3) is 4.90. The van der Waals surface area contributed by atoms with Gasteiger partial charge in [-0.25, -0.2) is 0 Å². The second-order valence-electron chi connectivity index (χ2n) is 3.87. The maximum absolute atomic E-state index is 11.4. The van der Waals surface area contributed by atoms with Gasteiger partial charge >= 0.3 is 0 Å². The van der Waals surface area contributed by atoms with Crippen molar-refractivity contribution in [2.75, 3.05) is 11.9 Å². The molecule has 0 atom stereocenters. The Morgan fingerprint density at radius 1 is 1.35 bits per heavy atom. The van der Waals surface area contributed by atoms with Gasteiger partial charge in [-0.05, 0) is 6.92 Å². The highest BCUT2D eigenvalue weighted by molar-refractivity contribution is 7.15. The number of anilines is 1.